The highest BCUT2D eigenvalue weighted by Crippen LogP contribution is 2.27. The van der Waals surface area contributed by atoms with E-state index < -0.39 is 11.9 Å². The van der Waals surface area contributed by atoms with Crippen molar-refractivity contribution in [3.8, 4) is 0 Å². The highest BCUT2D eigenvalue weighted by atomic mass is 16.4. The van der Waals surface area contributed by atoms with E-state index in [4.69, 9.17) is 5.11 Å². The fourth-order valence-corrected chi connectivity index (χ4v) is 4.02. The smallest absolute Gasteiger partial charge is 0.305 e. The van der Waals surface area contributed by atoms with Crippen molar-refractivity contribution < 1.29 is 19.5 Å². The number of hydrogen-bond acceptors (Lipinski definition) is 5. The molecule has 3 N–H and O–H groups in total. The summed E-state index contributed by atoms with van der Waals surface area (Å²) in [6, 6.07) is 5.72. The van der Waals surface area contributed by atoms with Gasteiger partial charge in [0.15, 0.2) is 0 Å². The third-order valence-electron chi connectivity index (χ3n) is 6.42. The second-order valence-corrected chi connectivity index (χ2v) is 9.24. The average Bonchev–Trinajstić information content (AvgIpc) is 2.84. The van der Waals surface area contributed by atoms with E-state index >= 15 is 0 Å². The molecule has 2 aliphatic heterocycles. The molecule has 36 heavy (non-hydrogen) atoms. The van der Waals surface area contributed by atoms with Gasteiger partial charge in [-0.05, 0) is 68.7 Å². The van der Waals surface area contributed by atoms with Gasteiger partial charge in [-0.1, -0.05) is 30.7 Å². The molecule has 0 aliphatic carbocycles. The van der Waals surface area contributed by atoms with Crippen LogP contribution in [0.5, 0.6) is 0 Å². The number of aliphatic carboxylic acids is 1. The Labute approximate surface area is 214 Å². The lowest BCUT2D eigenvalue weighted by Crippen LogP contribution is -2.51. The van der Waals surface area contributed by atoms with Gasteiger partial charge in [0.1, 0.15) is 6.42 Å². The molecule has 2 amide bonds. The maximum absolute atomic E-state index is 12.2. The number of hydrogen-bond donors (Lipinski definition) is 3. The molecule has 1 aromatic rings. The van der Waals surface area contributed by atoms with Crippen molar-refractivity contribution >= 4 is 17.8 Å². The van der Waals surface area contributed by atoms with Crippen molar-refractivity contribution in [2.45, 2.75) is 59.3 Å². The van der Waals surface area contributed by atoms with Gasteiger partial charge >= 0.3 is 5.97 Å². The lowest BCUT2D eigenvalue weighted by Gasteiger charge is -2.39. The van der Waals surface area contributed by atoms with Crippen LogP contribution < -0.4 is 10.6 Å². The first-order valence-electron chi connectivity index (χ1n) is 12.7. The number of nitrogens with one attached hydrogen (secondary N) is 2. The Bertz CT molecular complexity index is 936. The van der Waals surface area contributed by atoms with E-state index in [1.807, 2.05) is 18.2 Å². The lowest BCUT2D eigenvalue weighted by atomic mass is 9.88. The molecule has 3 heterocycles. The number of amides is 2. The summed E-state index contributed by atoms with van der Waals surface area (Å²) in [5, 5.41) is 14.5. The van der Waals surface area contributed by atoms with Crippen LogP contribution in [0.2, 0.25) is 0 Å². The van der Waals surface area contributed by atoms with Crippen LogP contribution in [0, 0.1) is 5.92 Å². The Balaban J connectivity index is 0.000000662. The quantitative estimate of drug-likeness (QED) is 0.335. The third kappa shape index (κ3) is 10.5. The molecule has 1 aromatic heterocycles. The van der Waals surface area contributed by atoms with E-state index in [2.05, 4.69) is 48.5 Å². The maximum atomic E-state index is 12.2. The Kier molecular flexibility index (Phi) is 12.4. The molecule has 3 rings (SSSR count). The van der Waals surface area contributed by atoms with E-state index in [0.29, 0.717) is 19.0 Å². The van der Waals surface area contributed by atoms with Crippen LogP contribution in [0.25, 0.3) is 0 Å². The Morgan fingerprint density at radius 2 is 1.94 bits per heavy atom. The molecule has 196 valence electrons. The molecule has 0 spiro atoms. The molecular weight excluding hydrogens is 456 g/mol. The molecule has 8 heteroatoms. The van der Waals surface area contributed by atoms with E-state index in [1.54, 1.807) is 17.3 Å². The van der Waals surface area contributed by atoms with Crippen molar-refractivity contribution in [3.63, 3.8) is 0 Å². The first-order valence-corrected chi connectivity index (χ1v) is 12.7. The van der Waals surface area contributed by atoms with Crippen molar-refractivity contribution in [2.24, 2.45) is 5.92 Å². The summed E-state index contributed by atoms with van der Waals surface area (Å²) < 4.78 is 0. The Hall–Kier alpha value is -3.42. The minimum Gasteiger partial charge on any atom is -0.481 e. The number of allylic oxidation sites excluding steroid dienone is 6. The summed E-state index contributed by atoms with van der Waals surface area (Å²) in [4.78, 5) is 40.0. The zero-order chi connectivity index (χ0) is 26.3. The first-order chi connectivity index (χ1) is 17.3. The van der Waals surface area contributed by atoms with Gasteiger partial charge in [0.2, 0.25) is 11.8 Å². The lowest BCUT2D eigenvalue weighted by molar-refractivity contribution is -0.141. The number of aromatic nitrogens is 1. The normalized spacial score (nSPS) is 16.4. The first kappa shape index (κ1) is 28.8. The topological polar surface area (TPSA) is 112 Å². The standard InChI is InChI=1S/C23H35N3O4.C5H5N/c1-4-16(2)20(8-7-19-6-5-10-24-17(19)3)12-18-14-26(15-18)22(28)13-21(27)25-11-9-23(29)30;1-2-4-6-5-3-1/h7-8,18,24H,4-6,9-15H2,1-3H3,(H,25,27)(H,29,30);1-5H/b8-7-,20-16-;. The number of nitrogens with zero attached hydrogens (tertiary/aromatic N) is 2. The van der Waals surface area contributed by atoms with E-state index in [9.17, 15) is 14.4 Å². The van der Waals surface area contributed by atoms with Gasteiger partial charge in [-0.2, -0.15) is 0 Å². The van der Waals surface area contributed by atoms with Crippen LogP contribution in [0.1, 0.15) is 59.3 Å². The fraction of sp³-hybridized carbons (Fsp3) is 0.500. The predicted molar refractivity (Wildman–Crippen MR) is 141 cm³/mol. The number of pyridine rings is 1. The molecule has 0 aromatic carbocycles. The van der Waals surface area contributed by atoms with Gasteiger partial charge in [-0.15, -0.1) is 0 Å². The molecule has 1 saturated heterocycles. The monoisotopic (exact) mass is 496 g/mol. The van der Waals surface area contributed by atoms with Crippen LogP contribution in [0.15, 0.2) is 65.2 Å². The number of carbonyl (C=O) groups excluding carboxylic acids is 2. The van der Waals surface area contributed by atoms with Crippen LogP contribution in [-0.2, 0) is 14.4 Å². The van der Waals surface area contributed by atoms with Crippen LogP contribution in [0.4, 0.5) is 0 Å². The van der Waals surface area contributed by atoms with Crippen molar-refractivity contribution in [3.05, 3.63) is 65.2 Å². The molecule has 8 nitrogen and oxygen atoms in total. The third-order valence-corrected chi connectivity index (χ3v) is 6.42. The number of carboxylic acids is 1. The second kappa shape index (κ2) is 15.5. The van der Waals surface area contributed by atoms with Crippen molar-refractivity contribution in [2.75, 3.05) is 26.2 Å². The molecule has 0 bridgehead atoms. The molecular formula is C28H40N4O4. The largest absolute Gasteiger partial charge is 0.481 e. The van der Waals surface area contributed by atoms with E-state index in [1.165, 1.54) is 22.4 Å². The number of carboxylic acid groups (broad SMARTS) is 1. The zero-order valence-electron chi connectivity index (χ0n) is 21.8. The fourth-order valence-electron chi connectivity index (χ4n) is 4.02. The zero-order valence-corrected chi connectivity index (χ0v) is 21.8. The van der Waals surface area contributed by atoms with Crippen molar-refractivity contribution in [1.29, 1.82) is 0 Å². The van der Waals surface area contributed by atoms with Crippen LogP contribution >= 0.6 is 0 Å². The summed E-state index contributed by atoms with van der Waals surface area (Å²) in [6.45, 7) is 8.88. The highest BCUT2D eigenvalue weighted by molar-refractivity contribution is 5.97. The summed E-state index contributed by atoms with van der Waals surface area (Å²) in [6.07, 6.45) is 11.8. The summed E-state index contributed by atoms with van der Waals surface area (Å²) >= 11 is 0. The van der Waals surface area contributed by atoms with E-state index in [-0.39, 0.29) is 25.3 Å². The van der Waals surface area contributed by atoms with Crippen LogP contribution in [0.3, 0.4) is 0 Å². The number of rotatable bonds is 10. The summed E-state index contributed by atoms with van der Waals surface area (Å²) in [7, 11) is 0. The van der Waals surface area contributed by atoms with E-state index in [0.717, 1.165) is 32.2 Å². The highest BCUT2D eigenvalue weighted by Gasteiger charge is 2.31. The Morgan fingerprint density at radius 3 is 2.50 bits per heavy atom. The molecule has 0 radical (unpaired) electrons. The molecule has 0 atom stereocenters. The average molecular weight is 497 g/mol. The van der Waals surface area contributed by atoms with Gasteiger partial charge in [-0.25, -0.2) is 0 Å². The minimum absolute atomic E-state index is 0.0479. The van der Waals surface area contributed by atoms with Gasteiger partial charge in [0.25, 0.3) is 0 Å². The summed E-state index contributed by atoms with van der Waals surface area (Å²) in [5.74, 6) is -1.18. The molecule has 0 unspecified atom stereocenters. The molecule has 0 saturated carbocycles. The van der Waals surface area contributed by atoms with Gasteiger partial charge < -0.3 is 20.6 Å². The maximum Gasteiger partial charge on any atom is 0.305 e. The number of likely N-dealkylation sites (tertiary alicyclic amines) is 1. The predicted octanol–water partition coefficient (Wildman–Crippen LogP) is 3.84. The summed E-state index contributed by atoms with van der Waals surface area (Å²) in [5.41, 5.74) is 5.33. The minimum atomic E-state index is -0.973. The SMILES string of the molecule is CC/C(C)=C(/C=C\C1=C(C)NCCC1)CC1CN(C(=O)CC(=O)NCCC(=O)O)C1.c1ccncc1. The Morgan fingerprint density at radius 1 is 1.22 bits per heavy atom. The van der Waals surface area contributed by atoms with Gasteiger partial charge in [0.05, 0.1) is 6.42 Å². The number of carbonyl (C=O) groups is 3. The van der Waals surface area contributed by atoms with Crippen LogP contribution in [-0.4, -0.2) is 59.0 Å². The van der Waals surface area contributed by atoms with Gasteiger partial charge in [0, 0.05) is 44.3 Å². The van der Waals surface area contributed by atoms with Gasteiger partial charge in [-0.3, -0.25) is 19.4 Å². The molecule has 2 aliphatic rings. The second-order valence-electron chi connectivity index (χ2n) is 9.24. The van der Waals surface area contributed by atoms with Crippen molar-refractivity contribution in [1.82, 2.24) is 20.5 Å². The molecule has 1 fully saturated rings.